The topological polar surface area (TPSA) is 24.9 Å². The highest BCUT2D eigenvalue weighted by molar-refractivity contribution is 5.79. The zero-order valence-electron chi connectivity index (χ0n) is 20.4. The first-order valence-electron chi connectivity index (χ1n) is 11.4. The highest BCUT2D eigenvalue weighted by atomic mass is 19.1. The molecule has 0 unspecified atom stereocenters. The molecule has 1 heterocycles. The van der Waals surface area contributed by atoms with Crippen LogP contribution < -0.4 is 5.32 Å². The van der Waals surface area contributed by atoms with Gasteiger partial charge in [-0.2, -0.15) is 0 Å². The van der Waals surface area contributed by atoms with Crippen molar-refractivity contribution in [2.75, 3.05) is 5.32 Å². The van der Waals surface area contributed by atoms with Crippen LogP contribution in [0.15, 0.2) is 54.2 Å². The number of aryl methyl sites for hydroxylation is 2. The molecule has 0 spiro atoms. The van der Waals surface area contributed by atoms with Gasteiger partial charge in [0.25, 0.3) is 0 Å². The number of halogens is 1. The van der Waals surface area contributed by atoms with E-state index in [0.717, 1.165) is 40.9 Å². The van der Waals surface area contributed by atoms with Crippen LogP contribution in [0.4, 0.5) is 10.2 Å². The fourth-order valence-electron chi connectivity index (χ4n) is 4.18. The zero-order valence-corrected chi connectivity index (χ0v) is 20.4. The standard InChI is InChI=1S/C29H35FN2/c1-18(2)9-8-10-23-11-12-24(16-27(23)30)26-15-20(5)29(22(7)21(26)6)25-13-14-28(31-17-25)32-19(3)4/h9,11-17,19H,8,10H2,1-7H3,(H,31,32). The van der Waals surface area contributed by atoms with E-state index < -0.39 is 0 Å². The van der Waals surface area contributed by atoms with Crippen LogP contribution in [0, 0.1) is 26.6 Å². The van der Waals surface area contributed by atoms with Crippen molar-refractivity contribution in [1.29, 1.82) is 0 Å². The molecule has 0 saturated carbocycles. The summed E-state index contributed by atoms with van der Waals surface area (Å²) < 4.78 is 14.8. The molecule has 0 aliphatic rings. The number of rotatable bonds is 7. The molecule has 1 N–H and O–H groups in total. The van der Waals surface area contributed by atoms with Crippen molar-refractivity contribution >= 4 is 5.82 Å². The van der Waals surface area contributed by atoms with E-state index >= 15 is 0 Å². The van der Waals surface area contributed by atoms with Crippen LogP contribution >= 0.6 is 0 Å². The van der Waals surface area contributed by atoms with Gasteiger partial charge in [-0.3, -0.25) is 0 Å². The molecule has 2 nitrogen and oxygen atoms in total. The minimum absolute atomic E-state index is 0.124. The lowest BCUT2D eigenvalue weighted by Crippen LogP contribution is -2.10. The average Bonchev–Trinajstić information content (AvgIpc) is 2.72. The first-order valence-corrected chi connectivity index (χ1v) is 11.4. The number of anilines is 1. The van der Waals surface area contributed by atoms with E-state index in [9.17, 15) is 4.39 Å². The molecule has 3 aromatic rings. The van der Waals surface area contributed by atoms with E-state index in [-0.39, 0.29) is 5.82 Å². The van der Waals surface area contributed by atoms with Gasteiger partial charge in [-0.1, -0.05) is 29.8 Å². The monoisotopic (exact) mass is 430 g/mol. The molecule has 0 atom stereocenters. The van der Waals surface area contributed by atoms with Crippen molar-refractivity contribution in [3.05, 3.63) is 82.3 Å². The maximum Gasteiger partial charge on any atom is 0.127 e. The van der Waals surface area contributed by atoms with Crippen LogP contribution in [0.2, 0.25) is 0 Å². The van der Waals surface area contributed by atoms with Gasteiger partial charge >= 0.3 is 0 Å². The molecule has 0 saturated heterocycles. The van der Waals surface area contributed by atoms with Crippen LogP contribution in [0.3, 0.4) is 0 Å². The van der Waals surface area contributed by atoms with Gasteiger partial charge < -0.3 is 5.32 Å². The van der Waals surface area contributed by atoms with E-state index in [1.54, 1.807) is 6.07 Å². The summed E-state index contributed by atoms with van der Waals surface area (Å²) in [7, 11) is 0. The summed E-state index contributed by atoms with van der Waals surface area (Å²) in [6.07, 6.45) is 5.68. The fourth-order valence-corrected chi connectivity index (χ4v) is 4.18. The molecule has 32 heavy (non-hydrogen) atoms. The molecular formula is C29H35FN2. The third kappa shape index (κ3) is 5.45. The van der Waals surface area contributed by atoms with Gasteiger partial charge in [0.05, 0.1) is 0 Å². The molecule has 0 fully saturated rings. The summed E-state index contributed by atoms with van der Waals surface area (Å²) in [5.74, 6) is 0.758. The molecule has 0 aliphatic heterocycles. The van der Waals surface area contributed by atoms with Crippen molar-refractivity contribution in [3.63, 3.8) is 0 Å². The predicted octanol–water partition coefficient (Wildman–Crippen LogP) is 8.20. The molecule has 3 rings (SSSR count). The third-order valence-corrected chi connectivity index (χ3v) is 5.92. The van der Waals surface area contributed by atoms with Crippen molar-refractivity contribution < 1.29 is 4.39 Å². The van der Waals surface area contributed by atoms with Crippen molar-refractivity contribution in [2.24, 2.45) is 0 Å². The predicted molar refractivity (Wildman–Crippen MR) is 136 cm³/mol. The van der Waals surface area contributed by atoms with Gasteiger partial charge in [0.2, 0.25) is 0 Å². The Balaban J connectivity index is 1.93. The average molecular weight is 431 g/mol. The quantitative estimate of drug-likeness (QED) is 0.382. The van der Waals surface area contributed by atoms with Crippen LogP contribution in [-0.2, 0) is 6.42 Å². The minimum Gasteiger partial charge on any atom is -0.368 e. The van der Waals surface area contributed by atoms with Gasteiger partial charge in [-0.15, -0.1) is 0 Å². The minimum atomic E-state index is -0.124. The smallest absolute Gasteiger partial charge is 0.127 e. The Hall–Kier alpha value is -2.94. The summed E-state index contributed by atoms with van der Waals surface area (Å²) >= 11 is 0. The number of nitrogens with zero attached hydrogens (tertiary/aromatic N) is 1. The number of nitrogens with one attached hydrogen (secondary N) is 1. The van der Waals surface area contributed by atoms with Crippen molar-refractivity contribution in [3.8, 4) is 22.3 Å². The van der Waals surface area contributed by atoms with Gasteiger partial charge in [-0.25, -0.2) is 9.37 Å². The fraction of sp³-hybridized carbons (Fsp3) is 0.345. The van der Waals surface area contributed by atoms with Gasteiger partial charge in [0.15, 0.2) is 0 Å². The highest BCUT2D eigenvalue weighted by Crippen LogP contribution is 2.36. The molecule has 168 valence electrons. The summed E-state index contributed by atoms with van der Waals surface area (Å²) in [4.78, 5) is 4.58. The summed E-state index contributed by atoms with van der Waals surface area (Å²) in [5, 5.41) is 3.33. The number of allylic oxidation sites excluding steroid dienone is 2. The number of aromatic nitrogens is 1. The second-order valence-electron chi connectivity index (χ2n) is 9.22. The Morgan fingerprint density at radius 1 is 1.00 bits per heavy atom. The normalized spacial score (nSPS) is 11.0. The lowest BCUT2D eigenvalue weighted by molar-refractivity contribution is 0.610. The number of benzene rings is 2. The molecule has 3 heteroatoms. The molecule has 0 aliphatic carbocycles. The van der Waals surface area contributed by atoms with Gasteiger partial charge in [0, 0.05) is 17.8 Å². The Bertz CT molecular complexity index is 1120. The largest absolute Gasteiger partial charge is 0.368 e. The highest BCUT2D eigenvalue weighted by Gasteiger charge is 2.15. The summed E-state index contributed by atoms with van der Waals surface area (Å²) in [6.45, 7) is 14.7. The molecular weight excluding hydrogens is 395 g/mol. The van der Waals surface area contributed by atoms with Crippen LogP contribution in [0.25, 0.3) is 22.3 Å². The Morgan fingerprint density at radius 3 is 2.31 bits per heavy atom. The second-order valence-corrected chi connectivity index (χ2v) is 9.22. The van der Waals surface area contributed by atoms with Crippen molar-refractivity contribution in [1.82, 2.24) is 4.98 Å². The lowest BCUT2D eigenvalue weighted by atomic mass is 9.87. The number of hydrogen-bond acceptors (Lipinski definition) is 2. The van der Waals surface area contributed by atoms with Crippen LogP contribution in [-0.4, -0.2) is 11.0 Å². The maximum absolute atomic E-state index is 14.8. The maximum atomic E-state index is 14.8. The van der Waals surface area contributed by atoms with E-state index in [2.05, 4.69) is 83.0 Å². The van der Waals surface area contributed by atoms with E-state index in [0.29, 0.717) is 6.04 Å². The third-order valence-electron chi connectivity index (χ3n) is 5.92. The first-order chi connectivity index (χ1) is 15.2. The molecule has 0 bridgehead atoms. The lowest BCUT2D eigenvalue weighted by Gasteiger charge is -2.18. The Kier molecular flexibility index (Phi) is 7.50. The molecule has 2 aromatic carbocycles. The molecule has 1 aromatic heterocycles. The summed E-state index contributed by atoms with van der Waals surface area (Å²) in [6, 6.07) is 12.3. The van der Waals surface area contributed by atoms with Crippen molar-refractivity contribution in [2.45, 2.75) is 67.3 Å². The van der Waals surface area contributed by atoms with E-state index in [4.69, 9.17) is 0 Å². The number of hydrogen-bond donors (Lipinski definition) is 1. The SMILES string of the molecule is CC(C)=CCCc1ccc(-c2cc(C)c(-c3ccc(NC(C)C)nc3)c(C)c2C)cc1F. The number of pyridine rings is 1. The van der Waals surface area contributed by atoms with Gasteiger partial charge in [-0.05, 0) is 118 Å². The first kappa shape index (κ1) is 23.7. The van der Waals surface area contributed by atoms with E-state index in [1.165, 1.54) is 27.8 Å². The van der Waals surface area contributed by atoms with Gasteiger partial charge in [0.1, 0.15) is 11.6 Å². The second kappa shape index (κ2) is 10.1. The molecule has 0 amide bonds. The van der Waals surface area contributed by atoms with Crippen LogP contribution in [0.5, 0.6) is 0 Å². The molecule has 0 radical (unpaired) electrons. The summed E-state index contributed by atoms with van der Waals surface area (Å²) in [5.41, 5.74) is 9.91. The Morgan fingerprint density at radius 2 is 1.72 bits per heavy atom. The van der Waals surface area contributed by atoms with Crippen LogP contribution in [0.1, 0.15) is 56.4 Å². The van der Waals surface area contributed by atoms with E-state index in [1.807, 2.05) is 18.3 Å². The zero-order chi connectivity index (χ0) is 23.4. The Labute approximate surface area is 192 Å².